The van der Waals surface area contributed by atoms with Crippen LogP contribution in [0.3, 0.4) is 0 Å². The minimum Gasteiger partial charge on any atom is -1.00 e. The van der Waals surface area contributed by atoms with Crippen molar-refractivity contribution in [3.8, 4) is 11.4 Å². The summed E-state index contributed by atoms with van der Waals surface area (Å²) in [5.74, 6) is 3.72. The molecule has 37 heavy (non-hydrogen) atoms. The summed E-state index contributed by atoms with van der Waals surface area (Å²) in [4.78, 5) is 22.0. The smallest absolute Gasteiger partial charge is 0.332 e. The number of piperidine rings is 3. The normalized spacial score (nSPS) is 27.3. The number of benzene rings is 1. The summed E-state index contributed by atoms with van der Waals surface area (Å²) < 4.78 is 13.0. The molecule has 198 valence electrons. The zero-order valence-corrected chi connectivity index (χ0v) is 23.4. The van der Waals surface area contributed by atoms with Gasteiger partial charge in [-0.25, -0.2) is 4.79 Å². The molecule has 0 radical (unpaired) electrons. The van der Waals surface area contributed by atoms with Crippen LogP contribution in [0.5, 0.6) is 0 Å². The number of carbonyl (C=O) groups excluding carboxylic acids is 1. The molecular formula is C27H33ClN4O3S2. The van der Waals surface area contributed by atoms with Crippen molar-refractivity contribution in [1.82, 2.24) is 15.0 Å². The minimum absolute atomic E-state index is 0. The highest BCUT2D eigenvalue weighted by Crippen LogP contribution is 2.40. The lowest BCUT2D eigenvalue weighted by molar-refractivity contribution is -0.959. The van der Waals surface area contributed by atoms with E-state index in [0.717, 1.165) is 72.0 Å². The summed E-state index contributed by atoms with van der Waals surface area (Å²) in [6.45, 7) is 7.50. The molecular weight excluding hydrogens is 528 g/mol. The Morgan fingerprint density at radius 3 is 2.62 bits per heavy atom. The largest absolute Gasteiger partial charge is 1.00 e. The van der Waals surface area contributed by atoms with Crippen LogP contribution in [-0.2, 0) is 21.6 Å². The fourth-order valence-corrected chi connectivity index (χ4v) is 7.90. The van der Waals surface area contributed by atoms with Gasteiger partial charge in [-0.2, -0.15) is 16.7 Å². The third-order valence-electron chi connectivity index (χ3n) is 8.31. The quantitative estimate of drug-likeness (QED) is 0.320. The fourth-order valence-electron chi connectivity index (χ4n) is 6.09. The fraction of sp³-hybridized carbons (Fsp3) is 0.519. The van der Waals surface area contributed by atoms with Crippen LogP contribution in [0, 0.1) is 5.92 Å². The maximum absolute atomic E-state index is 13.9. The van der Waals surface area contributed by atoms with Crippen molar-refractivity contribution in [3.63, 3.8) is 0 Å². The van der Waals surface area contributed by atoms with Gasteiger partial charge in [-0.15, -0.1) is 11.3 Å². The van der Waals surface area contributed by atoms with Crippen molar-refractivity contribution >= 4 is 29.1 Å². The average Bonchev–Trinajstić information content (AvgIpc) is 3.63. The Hall–Kier alpha value is -1.91. The van der Waals surface area contributed by atoms with Gasteiger partial charge in [-0.3, -0.25) is 4.90 Å². The van der Waals surface area contributed by atoms with E-state index in [1.54, 1.807) is 11.3 Å². The van der Waals surface area contributed by atoms with Gasteiger partial charge in [0.25, 0.3) is 5.89 Å². The molecule has 0 N–H and O–H groups in total. The summed E-state index contributed by atoms with van der Waals surface area (Å²) >= 11 is 3.61. The first-order chi connectivity index (χ1) is 17.6. The van der Waals surface area contributed by atoms with Crippen molar-refractivity contribution < 1.29 is 30.9 Å². The average molecular weight is 561 g/mol. The van der Waals surface area contributed by atoms with Crippen molar-refractivity contribution in [3.05, 3.63) is 58.6 Å². The third kappa shape index (κ3) is 5.21. The van der Waals surface area contributed by atoms with E-state index in [4.69, 9.17) is 14.2 Å². The van der Waals surface area contributed by atoms with Gasteiger partial charge in [0.1, 0.15) is 6.54 Å². The lowest BCUT2D eigenvalue weighted by atomic mass is 9.83. The van der Waals surface area contributed by atoms with Crippen molar-refractivity contribution in [2.24, 2.45) is 5.92 Å². The molecule has 0 spiro atoms. The lowest BCUT2D eigenvalue weighted by Crippen LogP contribution is -3.00. The number of quaternary nitrogens is 1. The number of halogens is 1. The topological polar surface area (TPSA) is 68.5 Å². The van der Waals surface area contributed by atoms with Gasteiger partial charge in [-0.05, 0) is 18.4 Å². The molecule has 2 atom stereocenters. The molecule has 2 bridgehead atoms. The van der Waals surface area contributed by atoms with Crippen LogP contribution in [-0.4, -0.2) is 75.8 Å². The van der Waals surface area contributed by atoms with Gasteiger partial charge in [0.05, 0.1) is 13.1 Å². The second-order valence-corrected chi connectivity index (χ2v) is 12.6. The van der Waals surface area contributed by atoms with E-state index in [-0.39, 0.29) is 24.5 Å². The highest BCUT2D eigenvalue weighted by Gasteiger charge is 2.51. The summed E-state index contributed by atoms with van der Waals surface area (Å²) in [6, 6.07) is 14.0. The molecule has 0 amide bonds. The van der Waals surface area contributed by atoms with E-state index < -0.39 is 5.54 Å². The van der Waals surface area contributed by atoms with Crippen LogP contribution < -0.4 is 12.4 Å². The number of hydrogen-bond acceptors (Lipinski definition) is 8. The van der Waals surface area contributed by atoms with Crippen molar-refractivity contribution in [2.75, 3.05) is 44.2 Å². The predicted molar refractivity (Wildman–Crippen MR) is 141 cm³/mol. The molecule has 7 nitrogen and oxygen atoms in total. The van der Waals surface area contributed by atoms with Gasteiger partial charge in [0.15, 0.2) is 18.2 Å². The van der Waals surface area contributed by atoms with E-state index in [0.29, 0.717) is 24.2 Å². The number of esters is 1. The SMILES string of the molecule is CC(C(=O)O[C@H]1C[N+]2(Cc3nc(-c4ccccc4)no3)CCC1CC2)(c1cccs1)N1CCSCC1.[Cl-]. The molecule has 6 heterocycles. The van der Waals surface area contributed by atoms with Crippen LogP contribution >= 0.6 is 23.1 Å². The summed E-state index contributed by atoms with van der Waals surface area (Å²) in [5.41, 5.74) is 0.226. The van der Waals surface area contributed by atoms with E-state index in [2.05, 4.69) is 28.4 Å². The van der Waals surface area contributed by atoms with Crippen molar-refractivity contribution in [2.45, 2.75) is 38.0 Å². The molecule has 1 unspecified atom stereocenters. The first-order valence-corrected chi connectivity index (χ1v) is 14.9. The van der Waals surface area contributed by atoms with Gasteiger partial charge < -0.3 is 26.2 Å². The highest BCUT2D eigenvalue weighted by atomic mass is 35.5. The molecule has 0 aliphatic carbocycles. The summed E-state index contributed by atoms with van der Waals surface area (Å²) in [7, 11) is 0. The molecule has 4 aliphatic heterocycles. The number of thioether (sulfide) groups is 1. The number of nitrogens with zero attached hydrogens (tertiary/aromatic N) is 4. The van der Waals surface area contributed by atoms with E-state index >= 15 is 0 Å². The number of ether oxygens (including phenoxy) is 1. The molecule has 4 fully saturated rings. The van der Waals surface area contributed by atoms with Gasteiger partial charge in [-0.1, -0.05) is 41.6 Å². The van der Waals surface area contributed by atoms with Crippen LogP contribution in [0.4, 0.5) is 0 Å². The zero-order valence-electron chi connectivity index (χ0n) is 21.1. The highest BCUT2D eigenvalue weighted by molar-refractivity contribution is 7.99. The van der Waals surface area contributed by atoms with Gasteiger partial charge in [0.2, 0.25) is 5.82 Å². The first-order valence-electron chi connectivity index (χ1n) is 12.9. The molecule has 2 aromatic heterocycles. The van der Waals surface area contributed by atoms with Gasteiger partial charge in [0, 0.05) is 53.8 Å². The number of thiophene rings is 1. The van der Waals surface area contributed by atoms with E-state index in [9.17, 15) is 4.79 Å². The predicted octanol–water partition coefficient (Wildman–Crippen LogP) is 1.42. The first kappa shape index (κ1) is 26.7. The second-order valence-electron chi connectivity index (χ2n) is 10.4. The molecule has 1 aromatic carbocycles. The van der Waals surface area contributed by atoms with E-state index in [1.165, 1.54) is 0 Å². The number of hydrogen-bond donors (Lipinski definition) is 0. The molecule has 10 heteroatoms. The number of carbonyl (C=O) groups is 1. The van der Waals surface area contributed by atoms with Crippen LogP contribution in [0.2, 0.25) is 0 Å². The van der Waals surface area contributed by atoms with Crippen molar-refractivity contribution in [1.29, 1.82) is 0 Å². The second kappa shape index (κ2) is 11.1. The number of aromatic nitrogens is 2. The maximum atomic E-state index is 13.9. The minimum atomic E-state index is -0.733. The van der Waals surface area contributed by atoms with Crippen LogP contribution in [0.15, 0.2) is 52.4 Å². The maximum Gasteiger partial charge on any atom is 0.332 e. The Labute approximate surface area is 232 Å². The number of fused-ring (bicyclic) bond motifs is 3. The molecule has 7 rings (SSSR count). The lowest BCUT2D eigenvalue weighted by Gasteiger charge is -2.52. The molecule has 4 saturated heterocycles. The van der Waals surface area contributed by atoms with Gasteiger partial charge >= 0.3 is 5.97 Å². The Morgan fingerprint density at radius 2 is 1.92 bits per heavy atom. The molecule has 3 aromatic rings. The standard InChI is InChI=1S/C27H33N4O3S2.ClH/c1-27(23-8-5-15-36-23,30-11-16-35-17-12-30)26(32)33-22-18-31(13-9-20(22)10-14-31)19-24-28-25(29-34-24)21-6-3-2-4-7-21;/h2-8,15,20,22H,9-14,16-19H2,1H3;1H/q+1;/p-1/t20?,22-,27?,31?;/m0./s1. The van der Waals surface area contributed by atoms with Crippen LogP contribution in [0.1, 0.15) is 30.5 Å². The number of rotatable bonds is 7. The third-order valence-corrected chi connectivity index (χ3v) is 10.3. The molecule has 4 aliphatic rings. The van der Waals surface area contributed by atoms with E-state index in [1.807, 2.05) is 48.2 Å². The zero-order chi connectivity index (χ0) is 24.6. The summed E-state index contributed by atoms with van der Waals surface area (Å²) in [6.07, 6.45) is 2.05. The summed E-state index contributed by atoms with van der Waals surface area (Å²) in [5, 5.41) is 6.28. The van der Waals surface area contributed by atoms with Crippen LogP contribution in [0.25, 0.3) is 11.4 Å². The Morgan fingerprint density at radius 1 is 1.16 bits per heavy atom. The monoisotopic (exact) mass is 560 g/mol. The Balaban J connectivity index is 0.00000280. The Kier molecular flexibility index (Phi) is 7.98. The Bertz CT molecular complexity index is 1180. The molecule has 0 saturated carbocycles.